The lowest BCUT2D eigenvalue weighted by molar-refractivity contribution is 0.802. The molecule has 20 heavy (non-hydrogen) atoms. The van der Waals surface area contributed by atoms with Gasteiger partial charge < -0.3 is 10.3 Å². The van der Waals surface area contributed by atoms with Crippen molar-refractivity contribution in [3.05, 3.63) is 58.6 Å². The average Bonchev–Trinajstić information content (AvgIpc) is 2.84. The third kappa shape index (κ3) is 2.92. The Balaban J connectivity index is 1.93. The topological polar surface area (TPSA) is 27.8 Å². The van der Waals surface area contributed by atoms with Crippen LogP contribution in [0.1, 0.15) is 5.56 Å². The molecule has 3 rings (SSSR count). The number of aromatic amines is 1. The minimum atomic E-state index is 0.863. The molecule has 0 amide bonds. The average molecular weight is 347 g/mol. The van der Waals surface area contributed by atoms with E-state index < -0.39 is 0 Å². The molecule has 3 aromatic rings. The summed E-state index contributed by atoms with van der Waals surface area (Å²) in [4.78, 5) is 4.73. The van der Waals surface area contributed by atoms with Gasteiger partial charge in [0.15, 0.2) is 0 Å². The molecule has 2 nitrogen and oxygen atoms in total. The van der Waals surface area contributed by atoms with Gasteiger partial charge in [0.25, 0.3) is 0 Å². The lowest BCUT2D eigenvalue weighted by Crippen LogP contribution is -2.06. The molecule has 0 saturated heterocycles. The van der Waals surface area contributed by atoms with E-state index in [9.17, 15) is 0 Å². The van der Waals surface area contributed by atoms with Gasteiger partial charge in [0.2, 0.25) is 0 Å². The highest BCUT2D eigenvalue weighted by Gasteiger charge is 2.07. The van der Waals surface area contributed by atoms with Crippen molar-refractivity contribution in [1.82, 2.24) is 10.3 Å². The quantitative estimate of drug-likeness (QED) is 0.709. The number of nitrogens with one attached hydrogen (secondary N) is 2. The van der Waals surface area contributed by atoms with Crippen LogP contribution in [-0.2, 0) is 6.54 Å². The maximum absolute atomic E-state index is 3.54. The number of halogens is 1. The number of aromatic nitrogens is 1. The maximum Gasteiger partial charge on any atom is 0.0780 e. The Bertz CT molecular complexity index is 703. The summed E-state index contributed by atoms with van der Waals surface area (Å²) in [6, 6.07) is 17.0. The first-order valence-corrected chi connectivity index (χ1v) is 8.06. The zero-order valence-electron chi connectivity index (χ0n) is 11.1. The Hall–Kier alpha value is -1.23. The van der Waals surface area contributed by atoms with Gasteiger partial charge in [-0.25, -0.2) is 0 Å². The van der Waals surface area contributed by atoms with Crippen molar-refractivity contribution in [1.29, 1.82) is 0 Å². The summed E-state index contributed by atoms with van der Waals surface area (Å²) in [6.07, 6.45) is 0. The van der Waals surface area contributed by atoms with Crippen LogP contribution in [0.15, 0.2) is 62.9 Å². The van der Waals surface area contributed by atoms with Crippen molar-refractivity contribution in [2.24, 2.45) is 0 Å². The Morgan fingerprint density at radius 1 is 1.15 bits per heavy atom. The van der Waals surface area contributed by atoms with E-state index in [0.29, 0.717) is 0 Å². The van der Waals surface area contributed by atoms with Crippen molar-refractivity contribution >= 4 is 38.6 Å². The van der Waals surface area contributed by atoms with Gasteiger partial charge in [-0.2, -0.15) is 0 Å². The van der Waals surface area contributed by atoms with Gasteiger partial charge >= 0.3 is 0 Å². The predicted molar refractivity (Wildman–Crippen MR) is 89.3 cm³/mol. The fourth-order valence-electron chi connectivity index (χ4n) is 2.20. The summed E-state index contributed by atoms with van der Waals surface area (Å²) >= 11 is 5.31. The summed E-state index contributed by atoms with van der Waals surface area (Å²) in [5.74, 6) is 0. The smallest absolute Gasteiger partial charge is 0.0780 e. The van der Waals surface area contributed by atoms with Crippen LogP contribution in [0.25, 0.3) is 10.9 Å². The van der Waals surface area contributed by atoms with Crippen LogP contribution in [0.3, 0.4) is 0 Å². The largest absolute Gasteiger partial charge is 0.349 e. The molecule has 0 spiro atoms. The highest BCUT2D eigenvalue weighted by atomic mass is 79.9. The van der Waals surface area contributed by atoms with E-state index in [0.717, 1.165) is 11.0 Å². The lowest BCUT2D eigenvalue weighted by Gasteiger charge is -2.08. The number of benzene rings is 2. The van der Waals surface area contributed by atoms with E-state index in [1.165, 1.54) is 26.4 Å². The lowest BCUT2D eigenvalue weighted by atomic mass is 10.2. The van der Waals surface area contributed by atoms with E-state index >= 15 is 0 Å². The van der Waals surface area contributed by atoms with Crippen molar-refractivity contribution in [2.45, 2.75) is 16.5 Å². The zero-order valence-corrected chi connectivity index (χ0v) is 13.5. The van der Waals surface area contributed by atoms with Gasteiger partial charge in [0, 0.05) is 26.8 Å². The van der Waals surface area contributed by atoms with E-state index in [2.05, 4.69) is 74.8 Å². The molecule has 0 fully saturated rings. The first kappa shape index (κ1) is 13.7. The van der Waals surface area contributed by atoms with E-state index in [-0.39, 0.29) is 0 Å². The summed E-state index contributed by atoms with van der Waals surface area (Å²) in [5, 5.41) is 5.64. The molecular formula is C16H15BrN2S. The molecule has 0 radical (unpaired) electrons. The minimum Gasteiger partial charge on any atom is -0.349 e. The highest BCUT2D eigenvalue weighted by Crippen LogP contribution is 2.33. The molecular weight excluding hydrogens is 332 g/mol. The van der Waals surface area contributed by atoms with Crippen molar-refractivity contribution in [2.75, 3.05) is 7.05 Å². The van der Waals surface area contributed by atoms with Gasteiger partial charge in [0.1, 0.15) is 0 Å². The number of hydrogen-bond donors (Lipinski definition) is 2. The normalized spacial score (nSPS) is 11.1. The number of H-pyrrole nitrogens is 1. The van der Waals surface area contributed by atoms with Crippen molar-refractivity contribution < 1.29 is 0 Å². The Labute approximate surface area is 131 Å². The van der Waals surface area contributed by atoms with E-state index in [1.54, 1.807) is 11.8 Å². The maximum atomic E-state index is 3.54. The second-order valence-corrected chi connectivity index (χ2v) is 6.60. The van der Waals surface area contributed by atoms with Crippen molar-refractivity contribution in [3.63, 3.8) is 0 Å². The molecule has 4 heteroatoms. The molecule has 0 aliphatic rings. The molecule has 0 aliphatic heterocycles. The van der Waals surface area contributed by atoms with E-state index in [1.807, 2.05) is 7.05 Å². The number of hydrogen-bond acceptors (Lipinski definition) is 2. The Kier molecular flexibility index (Phi) is 4.15. The summed E-state index contributed by atoms with van der Waals surface area (Å²) in [5.41, 5.74) is 2.48. The molecule has 0 bridgehead atoms. The fourth-order valence-corrected chi connectivity index (χ4v) is 3.59. The van der Waals surface area contributed by atoms with Gasteiger partial charge in [-0.05, 0) is 42.9 Å². The summed E-state index contributed by atoms with van der Waals surface area (Å²) in [6.45, 7) is 0.863. The van der Waals surface area contributed by atoms with Crippen LogP contribution in [0.5, 0.6) is 0 Å². The third-order valence-electron chi connectivity index (χ3n) is 3.11. The number of rotatable bonds is 4. The highest BCUT2D eigenvalue weighted by molar-refractivity contribution is 9.10. The van der Waals surface area contributed by atoms with Crippen LogP contribution in [0.2, 0.25) is 0 Å². The number of fused-ring (bicyclic) bond motifs is 1. The molecule has 0 atom stereocenters. The summed E-state index contributed by atoms with van der Waals surface area (Å²) < 4.78 is 1.11. The van der Waals surface area contributed by atoms with Crippen LogP contribution >= 0.6 is 27.7 Å². The third-order valence-corrected chi connectivity index (χ3v) is 4.67. The molecule has 0 aliphatic carbocycles. The van der Waals surface area contributed by atoms with Crippen LogP contribution in [-0.4, -0.2) is 12.0 Å². The van der Waals surface area contributed by atoms with Crippen LogP contribution in [0, 0.1) is 0 Å². The minimum absolute atomic E-state index is 0.863. The van der Waals surface area contributed by atoms with Gasteiger partial charge in [-0.3, -0.25) is 0 Å². The first-order valence-electron chi connectivity index (χ1n) is 6.45. The second-order valence-electron chi connectivity index (χ2n) is 4.61. The molecule has 1 heterocycles. The van der Waals surface area contributed by atoms with Gasteiger partial charge in [-0.1, -0.05) is 45.9 Å². The van der Waals surface area contributed by atoms with Gasteiger partial charge in [0.05, 0.1) is 5.03 Å². The molecule has 0 saturated carbocycles. The van der Waals surface area contributed by atoms with Crippen LogP contribution < -0.4 is 5.32 Å². The molecule has 0 unspecified atom stereocenters. The Morgan fingerprint density at radius 2 is 2.00 bits per heavy atom. The van der Waals surface area contributed by atoms with Gasteiger partial charge in [-0.15, -0.1) is 0 Å². The molecule has 2 aromatic carbocycles. The standard InChI is InChI=1S/C16H15BrN2S/c1-18-10-12-8-13(17)6-7-15(12)20-16-9-11-4-2-3-5-14(11)19-16/h2-9,18-19H,10H2,1H3. The zero-order chi connectivity index (χ0) is 13.9. The molecule has 1 aromatic heterocycles. The van der Waals surface area contributed by atoms with Crippen LogP contribution in [0.4, 0.5) is 0 Å². The van der Waals surface area contributed by atoms with Crippen molar-refractivity contribution in [3.8, 4) is 0 Å². The molecule has 2 N–H and O–H groups in total. The molecule has 102 valence electrons. The Morgan fingerprint density at radius 3 is 2.80 bits per heavy atom. The second kappa shape index (κ2) is 6.04. The summed E-state index contributed by atoms with van der Waals surface area (Å²) in [7, 11) is 1.97. The van der Waals surface area contributed by atoms with E-state index in [4.69, 9.17) is 0 Å². The SMILES string of the molecule is CNCc1cc(Br)ccc1Sc1cc2ccccc2[nH]1. The number of para-hydroxylation sites is 1. The monoisotopic (exact) mass is 346 g/mol. The predicted octanol–water partition coefficient (Wildman–Crippen LogP) is 4.80. The first-order chi connectivity index (χ1) is 9.76. The fraction of sp³-hybridized carbons (Fsp3) is 0.125.